The molecule has 0 spiro atoms. The number of aryl methyl sites for hydroxylation is 1. The normalized spacial score (nSPS) is 9.80. The van der Waals surface area contributed by atoms with Gasteiger partial charge in [-0.2, -0.15) is 0 Å². The maximum atomic E-state index is 5.60. The highest BCUT2D eigenvalue weighted by Gasteiger charge is 1.95. The second kappa shape index (κ2) is 2.88. The Hall–Kier alpha value is -0.760. The molecule has 0 aromatic carbocycles. The highest BCUT2D eigenvalue weighted by atomic mass is 35.5. The lowest BCUT2D eigenvalue weighted by Gasteiger charge is -1.99. The van der Waals surface area contributed by atoms with Gasteiger partial charge in [0.05, 0.1) is 11.6 Å². The molecule has 1 heterocycles. The average Bonchev–Trinajstić information content (AvgIpc) is 1.95. The minimum atomic E-state index is 0.421. The molecule has 0 aliphatic carbocycles. The fourth-order valence-corrected chi connectivity index (χ4v) is 0.804. The van der Waals surface area contributed by atoms with Crippen LogP contribution < -0.4 is 5.73 Å². The van der Waals surface area contributed by atoms with Crippen molar-refractivity contribution in [1.29, 1.82) is 0 Å². The third kappa shape index (κ3) is 1.39. The Bertz CT molecular complexity index is 235. The van der Waals surface area contributed by atoms with E-state index in [1.807, 2.05) is 6.92 Å². The molecule has 0 bridgehead atoms. The third-order valence-electron chi connectivity index (χ3n) is 1.34. The molecule has 0 saturated heterocycles. The summed E-state index contributed by atoms with van der Waals surface area (Å²) < 4.78 is 0. The van der Waals surface area contributed by atoms with Gasteiger partial charge in [-0.25, -0.2) is 0 Å². The standard InChI is InChI=1S/C7H9ClN2/c1-5-4-10-6(3-8)2-7(5)9/h2,4H,3H2,1H3,(H2,9,10). The second-order valence-electron chi connectivity index (χ2n) is 2.17. The largest absolute Gasteiger partial charge is 0.398 e. The van der Waals surface area contributed by atoms with E-state index in [-0.39, 0.29) is 0 Å². The summed E-state index contributed by atoms with van der Waals surface area (Å²) in [7, 11) is 0. The lowest BCUT2D eigenvalue weighted by Crippen LogP contribution is -1.93. The molecule has 0 unspecified atom stereocenters. The molecular formula is C7H9ClN2. The predicted octanol–water partition coefficient (Wildman–Crippen LogP) is 1.71. The molecule has 3 heteroatoms. The monoisotopic (exact) mass is 156 g/mol. The van der Waals surface area contributed by atoms with Crippen molar-refractivity contribution in [3.63, 3.8) is 0 Å². The number of nitrogen functional groups attached to an aromatic ring is 1. The van der Waals surface area contributed by atoms with Gasteiger partial charge in [0.25, 0.3) is 0 Å². The van der Waals surface area contributed by atoms with Crippen LogP contribution in [0.4, 0.5) is 5.69 Å². The van der Waals surface area contributed by atoms with Crippen LogP contribution in [0, 0.1) is 6.92 Å². The minimum Gasteiger partial charge on any atom is -0.398 e. The van der Waals surface area contributed by atoms with Gasteiger partial charge >= 0.3 is 0 Å². The number of hydrogen-bond donors (Lipinski definition) is 1. The summed E-state index contributed by atoms with van der Waals surface area (Å²) in [6, 6.07) is 1.79. The third-order valence-corrected chi connectivity index (χ3v) is 1.61. The van der Waals surface area contributed by atoms with Crippen molar-refractivity contribution in [3.05, 3.63) is 23.5 Å². The molecule has 0 aliphatic rings. The van der Waals surface area contributed by atoms with Gasteiger partial charge < -0.3 is 5.73 Å². The number of anilines is 1. The maximum Gasteiger partial charge on any atom is 0.0648 e. The number of aromatic nitrogens is 1. The van der Waals surface area contributed by atoms with Crippen molar-refractivity contribution in [2.45, 2.75) is 12.8 Å². The molecule has 0 radical (unpaired) electrons. The first-order chi connectivity index (χ1) is 4.74. The first-order valence-corrected chi connectivity index (χ1v) is 3.54. The van der Waals surface area contributed by atoms with Crippen molar-refractivity contribution < 1.29 is 0 Å². The van der Waals surface area contributed by atoms with Gasteiger partial charge in [-0.05, 0) is 18.6 Å². The highest BCUT2D eigenvalue weighted by Crippen LogP contribution is 2.10. The first kappa shape index (κ1) is 7.35. The van der Waals surface area contributed by atoms with E-state index >= 15 is 0 Å². The van der Waals surface area contributed by atoms with Crippen LogP contribution in [-0.4, -0.2) is 4.98 Å². The smallest absolute Gasteiger partial charge is 0.0648 e. The molecule has 0 fully saturated rings. The number of pyridine rings is 1. The lowest BCUT2D eigenvalue weighted by molar-refractivity contribution is 1.15. The van der Waals surface area contributed by atoms with Crippen LogP contribution in [0.1, 0.15) is 11.3 Å². The van der Waals surface area contributed by atoms with Gasteiger partial charge in [0, 0.05) is 11.9 Å². The topological polar surface area (TPSA) is 38.9 Å². The zero-order chi connectivity index (χ0) is 7.56. The quantitative estimate of drug-likeness (QED) is 0.629. The molecule has 0 saturated carbocycles. The van der Waals surface area contributed by atoms with Crippen molar-refractivity contribution >= 4 is 17.3 Å². The van der Waals surface area contributed by atoms with Crippen molar-refractivity contribution in [1.82, 2.24) is 4.98 Å². The number of halogens is 1. The summed E-state index contributed by atoms with van der Waals surface area (Å²) in [6.07, 6.45) is 1.73. The zero-order valence-corrected chi connectivity index (χ0v) is 6.52. The molecule has 0 atom stereocenters. The number of nitrogens with two attached hydrogens (primary N) is 1. The SMILES string of the molecule is Cc1cnc(CCl)cc1N. The zero-order valence-electron chi connectivity index (χ0n) is 5.76. The van der Waals surface area contributed by atoms with E-state index < -0.39 is 0 Å². The van der Waals surface area contributed by atoms with Crippen LogP contribution >= 0.6 is 11.6 Å². The van der Waals surface area contributed by atoms with Crippen LogP contribution in [0.25, 0.3) is 0 Å². The Labute approximate surface area is 65.0 Å². The Morgan fingerprint density at radius 2 is 2.40 bits per heavy atom. The first-order valence-electron chi connectivity index (χ1n) is 3.01. The van der Waals surface area contributed by atoms with Gasteiger partial charge in [-0.15, -0.1) is 11.6 Å². The molecule has 10 heavy (non-hydrogen) atoms. The van der Waals surface area contributed by atoms with E-state index in [4.69, 9.17) is 17.3 Å². The van der Waals surface area contributed by atoms with Gasteiger partial charge in [0.15, 0.2) is 0 Å². The van der Waals surface area contributed by atoms with Gasteiger partial charge in [-0.1, -0.05) is 0 Å². The fourth-order valence-electron chi connectivity index (χ4n) is 0.658. The highest BCUT2D eigenvalue weighted by molar-refractivity contribution is 6.16. The van der Waals surface area contributed by atoms with Crippen LogP contribution in [0.15, 0.2) is 12.3 Å². The van der Waals surface area contributed by atoms with Gasteiger partial charge in [0.1, 0.15) is 0 Å². The molecule has 1 aromatic rings. The average molecular weight is 157 g/mol. The van der Waals surface area contributed by atoms with Crippen LogP contribution in [0.5, 0.6) is 0 Å². The molecule has 2 N–H and O–H groups in total. The summed E-state index contributed by atoms with van der Waals surface area (Å²) in [6.45, 7) is 1.92. The Kier molecular flexibility index (Phi) is 2.12. The molecule has 1 rings (SSSR count). The number of alkyl halides is 1. The fraction of sp³-hybridized carbons (Fsp3) is 0.286. The number of hydrogen-bond acceptors (Lipinski definition) is 2. The number of rotatable bonds is 1. The Morgan fingerprint density at radius 3 is 2.90 bits per heavy atom. The van der Waals surface area contributed by atoms with E-state index in [9.17, 15) is 0 Å². The van der Waals surface area contributed by atoms with Crippen molar-refractivity contribution in [3.8, 4) is 0 Å². The summed E-state index contributed by atoms with van der Waals surface area (Å²) >= 11 is 5.53. The molecule has 54 valence electrons. The van der Waals surface area contributed by atoms with E-state index in [0.29, 0.717) is 5.88 Å². The molecule has 1 aromatic heterocycles. The van der Waals surface area contributed by atoms with Crippen LogP contribution in [-0.2, 0) is 5.88 Å². The molecule has 0 amide bonds. The molecule has 2 nitrogen and oxygen atoms in total. The maximum absolute atomic E-state index is 5.60. The summed E-state index contributed by atoms with van der Waals surface area (Å²) in [5, 5.41) is 0. The number of nitrogens with zero attached hydrogens (tertiary/aromatic N) is 1. The van der Waals surface area contributed by atoms with E-state index in [1.165, 1.54) is 0 Å². The summed E-state index contributed by atoms with van der Waals surface area (Å²) in [5.74, 6) is 0.421. The Morgan fingerprint density at radius 1 is 1.70 bits per heavy atom. The van der Waals surface area contributed by atoms with Crippen molar-refractivity contribution in [2.75, 3.05) is 5.73 Å². The van der Waals surface area contributed by atoms with Crippen LogP contribution in [0.2, 0.25) is 0 Å². The lowest BCUT2D eigenvalue weighted by atomic mass is 10.2. The van der Waals surface area contributed by atoms with E-state index in [0.717, 1.165) is 16.9 Å². The Balaban J connectivity index is 3.04. The van der Waals surface area contributed by atoms with Crippen LogP contribution in [0.3, 0.4) is 0 Å². The molecular weight excluding hydrogens is 148 g/mol. The van der Waals surface area contributed by atoms with Gasteiger partial charge in [0.2, 0.25) is 0 Å². The second-order valence-corrected chi connectivity index (χ2v) is 2.43. The van der Waals surface area contributed by atoms with E-state index in [2.05, 4.69) is 4.98 Å². The van der Waals surface area contributed by atoms with E-state index in [1.54, 1.807) is 12.3 Å². The summed E-state index contributed by atoms with van der Waals surface area (Å²) in [4.78, 5) is 4.05. The summed E-state index contributed by atoms with van der Waals surface area (Å²) in [5.41, 5.74) is 8.17. The van der Waals surface area contributed by atoms with Crippen molar-refractivity contribution in [2.24, 2.45) is 0 Å². The van der Waals surface area contributed by atoms with Gasteiger partial charge in [-0.3, -0.25) is 4.98 Å². The minimum absolute atomic E-state index is 0.421. The molecule has 0 aliphatic heterocycles. The predicted molar refractivity (Wildman–Crippen MR) is 42.9 cm³/mol.